The summed E-state index contributed by atoms with van der Waals surface area (Å²) in [6.45, 7) is 2.17. The zero-order chi connectivity index (χ0) is 28.8. The van der Waals surface area contributed by atoms with Gasteiger partial charge in [0.05, 0.1) is 13.1 Å². The maximum Gasteiger partial charge on any atom is 0.407 e. The van der Waals surface area contributed by atoms with Gasteiger partial charge in [-0.2, -0.15) is 0 Å². The summed E-state index contributed by atoms with van der Waals surface area (Å²) >= 11 is 0. The van der Waals surface area contributed by atoms with Crippen LogP contribution in [0.5, 0.6) is 0 Å². The Hall–Kier alpha value is -4.44. The monoisotopic (exact) mass is 556 g/mol. The minimum atomic E-state index is -1.07. The van der Waals surface area contributed by atoms with Crippen LogP contribution in [0.3, 0.4) is 0 Å². The number of fused-ring (bicyclic) bond motifs is 3. The third-order valence-electron chi connectivity index (χ3n) is 7.72. The first-order valence-electron chi connectivity index (χ1n) is 13.9. The van der Waals surface area contributed by atoms with Gasteiger partial charge in [0.25, 0.3) is 0 Å². The fourth-order valence-corrected chi connectivity index (χ4v) is 5.44. The van der Waals surface area contributed by atoms with Crippen molar-refractivity contribution in [3.05, 3.63) is 96.1 Å². The SMILES string of the molecule is Cn1ccnc1CN(CCCC[C@H](NC(=O)OCC1c2ccccc2-c2ccccc21)C(=O)O)Cc1nccn1C. The number of nitrogens with one attached hydrogen (secondary N) is 1. The van der Waals surface area contributed by atoms with Crippen molar-refractivity contribution in [2.75, 3.05) is 13.2 Å². The number of rotatable bonds is 13. The summed E-state index contributed by atoms with van der Waals surface area (Å²) in [6, 6.07) is 15.2. The molecule has 2 aromatic carbocycles. The minimum absolute atomic E-state index is 0.0835. The molecule has 0 aliphatic heterocycles. The molecule has 0 spiro atoms. The van der Waals surface area contributed by atoms with Crippen LogP contribution in [0.2, 0.25) is 0 Å². The number of unbranched alkanes of at least 4 members (excludes halogenated alkanes) is 1. The van der Waals surface area contributed by atoms with Crippen molar-refractivity contribution in [2.45, 2.75) is 44.3 Å². The first-order chi connectivity index (χ1) is 19.9. The number of aromatic nitrogens is 4. The molecule has 0 unspecified atom stereocenters. The molecular formula is C31H36N6O4. The van der Waals surface area contributed by atoms with Gasteiger partial charge in [0, 0.05) is 44.8 Å². The zero-order valence-electron chi connectivity index (χ0n) is 23.4. The summed E-state index contributed by atoms with van der Waals surface area (Å²) in [6.07, 6.45) is 8.36. The highest BCUT2D eigenvalue weighted by Crippen LogP contribution is 2.44. The van der Waals surface area contributed by atoms with Crippen LogP contribution in [0, 0.1) is 0 Å². The second kappa shape index (κ2) is 12.8. The highest BCUT2D eigenvalue weighted by Gasteiger charge is 2.29. The maximum absolute atomic E-state index is 12.7. The Morgan fingerprint density at radius 2 is 1.49 bits per heavy atom. The van der Waals surface area contributed by atoms with Crippen LogP contribution in [0.4, 0.5) is 4.79 Å². The number of carbonyl (C=O) groups is 2. The second-order valence-electron chi connectivity index (χ2n) is 10.5. The molecule has 4 aromatic rings. The average molecular weight is 557 g/mol. The number of hydrogen-bond donors (Lipinski definition) is 2. The number of aryl methyl sites for hydroxylation is 2. The van der Waals surface area contributed by atoms with Gasteiger partial charge in [0.1, 0.15) is 24.3 Å². The van der Waals surface area contributed by atoms with E-state index in [9.17, 15) is 14.7 Å². The first kappa shape index (κ1) is 28.1. The summed E-state index contributed by atoms with van der Waals surface area (Å²) in [4.78, 5) is 35.8. The maximum atomic E-state index is 12.7. The van der Waals surface area contributed by atoms with E-state index in [-0.39, 0.29) is 12.5 Å². The molecule has 0 saturated carbocycles. The van der Waals surface area contributed by atoms with Gasteiger partial charge in [0.15, 0.2) is 0 Å². The van der Waals surface area contributed by atoms with Crippen molar-refractivity contribution in [3.8, 4) is 11.1 Å². The second-order valence-corrected chi connectivity index (χ2v) is 10.5. The standard InChI is InChI=1S/C31H36N6O4/c1-35-17-14-32-28(35)19-37(20-29-33-15-18-36(29)2)16-8-7-13-27(30(38)39)34-31(40)41-21-26-24-11-5-3-9-22(24)23-10-4-6-12-25(23)26/h3-6,9-12,14-15,17-18,26-27H,7-8,13,16,19-21H2,1-2H3,(H,34,40)(H,38,39)/t27-/m0/s1. The lowest BCUT2D eigenvalue weighted by atomic mass is 9.98. The van der Waals surface area contributed by atoms with Crippen molar-refractivity contribution in [1.29, 1.82) is 0 Å². The molecule has 41 heavy (non-hydrogen) atoms. The number of carbonyl (C=O) groups excluding carboxylic acids is 1. The molecule has 1 aliphatic rings. The Balaban J connectivity index is 1.13. The summed E-state index contributed by atoms with van der Waals surface area (Å²) < 4.78 is 9.55. The van der Waals surface area contributed by atoms with Crippen LogP contribution in [0.1, 0.15) is 48.0 Å². The number of ether oxygens (including phenoxy) is 1. The molecule has 1 aliphatic carbocycles. The lowest BCUT2D eigenvalue weighted by Crippen LogP contribution is -2.41. The number of carboxylic acid groups (broad SMARTS) is 1. The van der Waals surface area contributed by atoms with E-state index in [0.717, 1.165) is 46.9 Å². The summed E-state index contributed by atoms with van der Waals surface area (Å²) in [7, 11) is 3.93. The van der Waals surface area contributed by atoms with E-state index in [1.807, 2.05) is 72.0 Å². The first-order valence-corrected chi connectivity index (χ1v) is 13.9. The normalized spacial score (nSPS) is 13.1. The van der Waals surface area contributed by atoms with E-state index in [1.54, 1.807) is 12.4 Å². The van der Waals surface area contributed by atoms with Crippen molar-refractivity contribution in [1.82, 2.24) is 29.3 Å². The van der Waals surface area contributed by atoms with E-state index in [4.69, 9.17) is 4.74 Å². The van der Waals surface area contributed by atoms with Gasteiger partial charge in [-0.25, -0.2) is 19.6 Å². The van der Waals surface area contributed by atoms with Crippen molar-refractivity contribution < 1.29 is 19.4 Å². The number of hydrogen-bond acceptors (Lipinski definition) is 6. The molecule has 0 fully saturated rings. The molecule has 10 nitrogen and oxygen atoms in total. The van der Waals surface area contributed by atoms with Gasteiger partial charge in [-0.15, -0.1) is 0 Å². The van der Waals surface area contributed by atoms with Crippen LogP contribution in [-0.2, 0) is 36.7 Å². The summed E-state index contributed by atoms with van der Waals surface area (Å²) in [5.74, 6) is 0.732. The Kier molecular flexibility index (Phi) is 8.79. The van der Waals surface area contributed by atoms with Crippen molar-refractivity contribution >= 4 is 12.1 Å². The molecule has 1 amide bonds. The number of aliphatic carboxylic acids is 1. The van der Waals surface area contributed by atoms with Crippen molar-refractivity contribution in [2.24, 2.45) is 14.1 Å². The van der Waals surface area contributed by atoms with Crippen LogP contribution in [0.15, 0.2) is 73.3 Å². The Bertz CT molecular complexity index is 1410. The van der Waals surface area contributed by atoms with Gasteiger partial charge in [0.2, 0.25) is 0 Å². The fraction of sp³-hybridized carbons (Fsp3) is 0.355. The van der Waals surface area contributed by atoms with E-state index in [0.29, 0.717) is 25.9 Å². The van der Waals surface area contributed by atoms with Gasteiger partial charge < -0.3 is 24.3 Å². The van der Waals surface area contributed by atoms with E-state index in [1.165, 1.54) is 0 Å². The minimum Gasteiger partial charge on any atom is -0.480 e. The van der Waals surface area contributed by atoms with Crippen LogP contribution < -0.4 is 5.32 Å². The molecule has 2 heterocycles. The van der Waals surface area contributed by atoms with Crippen LogP contribution >= 0.6 is 0 Å². The lowest BCUT2D eigenvalue weighted by molar-refractivity contribution is -0.139. The average Bonchev–Trinajstić information content (AvgIpc) is 3.66. The quantitative estimate of drug-likeness (QED) is 0.236. The Morgan fingerprint density at radius 3 is 2.00 bits per heavy atom. The smallest absolute Gasteiger partial charge is 0.407 e. The number of nitrogens with zero attached hydrogens (tertiary/aromatic N) is 5. The molecule has 0 radical (unpaired) electrons. The number of benzene rings is 2. The van der Waals surface area contributed by atoms with Gasteiger partial charge in [-0.05, 0) is 48.1 Å². The van der Waals surface area contributed by atoms with E-state index in [2.05, 4.69) is 32.3 Å². The molecular weight excluding hydrogens is 520 g/mol. The van der Waals surface area contributed by atoms with Gasteiger partial charge in [-0.1, -0.05) is 48.5 Å². The molecule has 0 saturated heterocycles. The van der Waals surface area contributed by atoms with Crippen LogP contribution in [0.25, 0.3) is 11.1 Å². The lowest BCUT2D eigenvalue weighted by Gasteiger charge is -2.22. The molecule has 5 rings (SSSR count). The Labute approximate surface area is 239 Å². The number of carboxylic acids is 1. The molecule has 10 heteroatoms. The third kappa shape index (κ3) is 6.66. The molecule has 0 bridgehead atoms. The molecule has 1 atom stereocenters. The molecule has 2 aromatic heterocycles. The highest BCUT2D eigenvalue weighted by molar-refractivity contribution is 5.81. The fourth-order valence-electron chi connectivity index (χ4n) is 5.44. The predicted octanol–water partition coefficient (Wildman–Crippen LogP) is 4.32. The van der Waals surface area contributed by atoms with Crippen LogP contribution in [-0.4, -0.2) is 60.4 Å². The summed E-state index contributed by atoms with van der Waals surface area (Å²) in [5.41, 5.74) is 4.50. The van der Waals surface area contributed by atoms with Gasteiger partial charge in [-0.3, -0.25) is 4.90 Å². The largest absolute Gasteiger partial charge is 0.480 e. The molecule has 214 valence electrons. The summed E-state index contributed by atoms with van der Waals surface area (Å²) in [5, 5.41) is 12.3. The van der Waals surface area contributed by atoms with Gasteiger partial charge >= 0.3 is 12.1 Å². The predicted molar refractivity (Wildman–Crippen MR) is 154 cm³/mol. The number of amides is 1. The topological polar surface area (TPSA) is 115 Å². The van der Waals surface area contributed by atoms with E-state index < -0.39 is 18.1 Å². The zero-order valence-corrected chi connectivity index (χ0v) is 23.4. The highest BCUT2D eigenvalue weighted by atomic mass is 16.5. The molecule has 2 N–H and O–H groups in total. The van der Waals surface area contributed by atoms with E-state index >= 15 is 0 Å². The number of alkyl carbamates (subject to hydrolysis) is 1. The number of imidazole rings is 2. The third-order valence-corrected chi connectivity index (χ3v) is 7.72. The Morgan fingerprint density at radius 1 is 0.927 bits per heavy atom. The van der Waals surface area contributed by atoms with Crippen molar-refractivity contribution in [3.63, 3.8) is 0 Å².